The largest absolute Gasteiger partial charge is 0.507 e. The fourth-order valence-corrected chi connectivity index (χ4v) is 3.58. The predicted octanol–water partition coefficient (Wildman–Crippen LogP) is 3.85. The number of carbonyl (C=O) groups excluding carboxylic acids is 2. The summed E-state index contributed by atoms with van der Waals surface area (Å²) >= 11 is 5.90. The molecule has 1 amide bonds. The molecule has 1 aliphatic rings. The van der Waals surface area contributed by atoms with Crippen molar-refractivity contribution in [2.45, 2.75) is 12.5 Å². The zero-order chi connectivity index (χ0) is 21.1. The molecular formula is C22H22ClFN2O3. The monoisotopic (exact) mass is 416 g/mol. The Hall–Kier alpha value is -2.70. The van der Waals surface area contributed by atoms with Crippen LogP contribution in [-0.4, -0.2) is 53.8 Å². The summed E-state index contributed by atoms with van der Waals surface area (Å²) in [5.74, 6) is -2.45. The summed E-state index contributed by atoms with van der Waals surface area (Å²) in [7, 11) is 3.81. The molecule has 1 fully saturated rings. The highest BCUT2D eigenvalue weighted by molar-refractivity contribution is 6.46. The van der Waals surface area contributed by atoms with E-state index in [4.69, 9.17) is 11.6 Å². The first kappa shape index (κ1) is 21.0. The second-order valence-electron chi connectivity index (χ2n) is 7.18. The Balaban J connectivity index is 2.11. The molecule has 29 heavy (non-hydrogen) atoms. The minimum absolute atomic E-state index is 0.118. The molecule has 7 heteroatoms. The number of Topliss-reactive ketones (excluding diaryl/α,β-unsaturated/α-hetero) is 1. The van der Waals surface area contributed by atoms with Crippen molar-refractivity contribution in [1.82, 2.24) is 9.80 Å². The maximum Gasteiger partial charge on any atom is 0.295 e. The second-order valence-corrected chi connectivity index (χ2v) is 7.61. The second kappa shape index (κ2) is 8.76. The first-order valence-electron chi connectivity index (χ1n) is 9.24. The minimum Gasteiger partial charge on any atom is -0.507 e. The number of rotatable bonds is 6. The third-order valence-corrected chi connectivity index (χ3v) is 5.11. The summed E-state index contributed by atoms with van der Waals surface area (Å²) in [5.41, 5.74) is 0.390. The number of halogens is 2. The van der Waals surface area contributed by atoms with Crippen LogP contribution >= 0.6 is 11.6 Å². The molecule has 2 aromatic rings. The molecule has 1 saturated heterocycles. The molecule has 2 aromatic carbocycles. The summed E-state index contributed by atoms with van der Waals surface area (Å²) < 4.78 is 14.6. The lowest BCUT2D eigenvalue weighted by atomic mass is 9.95. The summed E-state index contributed by atoms with van der Waals surface area (Å²) in [4.78, 5) is 28.9. The van der Waals surface area contributed by atoms with Gasteiger partial charge in [-0.2, -0.15) is 0 Å². The Bertz CT molecular complexity index is 957. The number of likely N-dealkylation sites (tertiary alicyclic amines) is 1. The van der Waals surface area contributed by atoms with Gasteiger partial charge in [0, 0.05) is 22.7 Å². The topological polar surface area (TPSA) is 60.9 Å². The van der Waals surface area contributed by atoms with Crippen LogP contribution in [0.5, 0.6) is 0 Å². The average molecular weight is 417 g/mol. The van der Waals surface area contributed by atoms with Crippen LogP contribution in [-0.2, 0) is 9.59 Å². The van der Waals surface area contributed by atoms with E-state index in [1.54, 1.807) is 30.3 Å². The van der Waals surface area contributed by atoms with E-state index in [0.717, 1.165) is 0 Å². The molecule has 0 aromatic heterocycles. The van der Waals surface area contributed by atoms with Crippen LogP contribution in [0.1, 0.15) is 23.6 Å². The quantitative estimate of drug-likeness (QED) is 0.441. The van der Waals surface area contributed by atoms with E-state index < -0.39 is 23.5 Å². The van der Waals surface area contributed by atoms with Gasteiger partial charge in [0.15, 0.2) is 0 Å². The molecule has 3 rings (SSSR count). The number of aliphatic hydroxyl groups excluding tert-OH is 1. The van der Waals surface area contributed by atoms with Crippen LogP contribution in [0, 0.1) is 5.82 Å². The average Bonchev–Trinajstić information content (AvgIpc) is 2.93. The molecule has 0 aliphatic carbocycles. The Labute approximate surface area is 174 Å². The van der Waals surface area contributed by atoms with Crippen molar-refractivity contribution < 1.29 is 19.1 Å². The van der Waals surface area contributed by atoms with Gasteiger partial charge in [0.25, 0.3) is 11.7 Å². The number of amides is 1. The molecule has 0 bridgehead atoms. The molecule has 1 atom stereocenters. The van der Waals surface area contributed by atoms with Crippen LogP contribution in [0.2, 0.25) is 5.02 Å². The van der Waals surface area contributed by atoms with Crippen LogP contribution in [0.15, 0.2) is 54.1 Å². The maximum atomic E-state index is 14.6. The van der Waals surface area contributed by atoms with E-state index >= 15 is 0 Å². The highest BCUT2D eigenvalue weighted by atomic mass is 35.5. The number of carbonyl (C=O) groups is 2. The van der Waals surface area contributed by atoms with E-state index in [-0.39, 0.29) is 23.4 Å². The Morgan fingerprint density at radius 3 is 2.41 bits per heavy atom. The van der Waals surface area contributed by atoms with Gasteiger partial charge in [0.1, 0.15) is 11.6 Å². The van der Waals surface area contributed by atoms with Crippen molar-refractivity contribution in [1.29, 1.82) is 0 Å². The van der Waals surface area contributed by atoms with Crippen molar-refractivity contribution in [3.8, 4) is 0 Å². The maximum absolute atomic E-state index is 14.6. The zero-order valence-electron chi connectivity index (χ0n) is 16.2. The Kier molecular flexibility index (Phi) is 6.35. The first-order valence-corrected chi connectivity index (χ1v) is 9.62. The van der Waals surface area contributed by atoms with Gasteiger partial charge in [-0.3, -0.25) is 9.59 Å². The number of benzene rings is 2. The lowest BCUT2D eigenvalue weighted by Crippen LogP contribution is -2.32. The molecule has 1 unspecified atom stereocenters. The molecule has 0 spiro atoms. The van der Waals surface area contributed by atoms with Crippen LogP contribution in [0.4, 0.5) is 4.39 Å². The van der Waals surface area contributed by atoms with E-state index in [0.29, 0.717) is 23.6 Å². The van der Waals surface area contributed by atoms with Crippen molar-refractivity contribution in [3.63, 3.8) is 0 Å². The minimum atomic E-state index is -0.992. The zero-order valence-corrected chi connectivity index (χ0v) is 17.0. The predicted molar refractivity (Wildman–Crippen MR) is 110 cm³/mol. The molecule has 5 nitrogen and oxygen atoms in total. The summed E-state index contributed by atoms with van der Waals surface area (Å²) in [6.07, 6.45) is 0.603. The molecule has 1 aliphatic heterocycles. The Morgan fingerprint density at radius 1 is 1.14 bits per heavy atom. The lowest BCUT2D eigenvalue weighted by Gasteiger charge is -2.26. The van der Waals surface area contributed by atoms with Crippen LogP contribution < -0.4 is 0 Å². The number of hydrogen-bond donors (Lipinski definition) is 1. The van der Waals surface area contributed by atoms with E-state index in [1.807, 2.05) is 19.0 Å². The summed E-state index contributed by atoms with van der Waals surface area (Å²) in [6.45, 7) is 0.962. The molecule has 1 N–H and O–H groups in total. The van der Waals surface area contributed by atoms with Crippen LogP contribution in [0.3, 0.4) is 0 Å². The molecular weight excluding hydrogens is 395 g/mol. The molecule has 1 heterocycles. The lowest BCUT2D eigenvalue weighted by molar-refractivity contribution is -0.140. The van der Waals surface area contributed by atoms with Crippen molar-refractivity contribution in [2.75, 3.05) is 27.2 Å². The fraction of sp³-hybridized carbons (Fsp3) is 0.273. The van der Waals surface area contributed by atoms with Gasteiger partial charge in [-0.1, -0.05) is 29.8 Å². The van der Waals surface area contributed by atoms with Gasteiger partial charge >= 0.3 is 0 Å². The molecule has 152 valence electrons. The smallest absolute Gasteiger partial charge is 0.295 e. The SMILES string of the molecule is CN(C)CCCN1C(=O)C(=O)/C(=C(\O)c2ccc(Cl)cc2)C1c1ccccc1F. The first-order chi connectivity index (χ1) is 13.8. The van der Waals surface area contributed by atoms with E-state index in [1.165, 1.54) is 23.1 Å². The standard InChI is InChI=1S/C22H22ClFN2O3/c1-25(2)12-5-13-26-19(16-6-3-4-7-17(16)24)18(21(28)22(26)29)20(27)14-8-10-15(23)11-9-14/h3-4,6-11,19,27H,5,12-13H2,1-2H3/b20-18-. The van der Waals surface area contributed by atoms with E-state index in [2.05, 4.69) is 0 Å². The van der Waals surface area contributed by atoms with Gasteiger partial charge < -0.3 is 14.9 Å². The molecule has 0 radical (unpaired) electrons. The van der Waals surface area contributed by atoms with Crippen molar-refractivity contribution in [2.24, 2.45) is 0 Å². The van der Waals surface area contributed by atoms with Gasteiger partial charge in [-0.05, 0) is 57.4 Å². The third kappa shape index (κ3) is 4.33. The highest BCUT2D eigenvalue weighted by Crippen LogP contribution is 2.40. The summed E-state index contributed by atoms with van der Waals surface area (Å²) in [5, 5.41) is 11.3. The third-order valence-electron chi connectivity index (χ3n) is 4.86. The van der Waals surface area contributed by atoms with Gasteiger partial charge in [-0.25, -0.2) is 4.39 Å². The van der Waals surface area contributed by atoms with Crippen molar-refractivity contribution in [3.05, 3.63) is 76.1 Å². The van der Waals surface area contributed by atoms with Gasteiger partial charge in [0.05, 0.1) is 11.6 Å². The number of nitrogens with zero attached hydrogens (tertiary/aromatic N) is 2. The van der Waals surface area contributed by atoms with Gasteiger partial charge in [-0.15, -0.1) is 0 Å². The van der Waals surface area contributed by atoms with Crippen LogP contribution in [0.25, 0.3) is 5.76 Å². The van der Waals surface area contributed by atoms with Crippen molar-refractivity contribution >= 4 is 29.1 Å². The van der Waals surface area contributed by atoms with Gasteiger partial charge in [0.2, 0.25) is 0 Å². The fourth-order valence-electron chi connectivity index (χ4n) is 3.45. The number of aliphatic hydroxyl groups is 1. The number of ketones is 1. The Morgan fingerprint density at radius 2 is 1.79 bits per heavy atom. The summed E-state index contributed by atoms with van der Waals surface area (Å²) in [6, 6.07) is 11.2. The highest BCUT2D eigenvalue weighted by Gasteiger charge is 2.46. The number of hydrogen-bond acceptors (Lipinski definition) is 4. The normalized spacial score (nSPS) is 18.7. The molecule has 0 saturated carbocycles. The van der Waals surface area contributed by atoms with E-state index in [9.17, 15) is 19.1 Å².